The number of hydrogen-bond acceptors (Lipinski definition) is 6. The second-order valence-electron chi connectivity index (χ2n) is 8.15. The van der Waals surface area contributed by atoms with Crippen LogP contribution in [0.2, 0.25) is 0 Å². The maximum absolute atomic E-state index is 13.7. The normalized spacial score (nSPS) is 23.8. The van der Waals surface area contributed by atoms with Crippen LogP contribution in [0, 0.1) is 11.8 Å². The first-order chi connectivity index (χ1) is 16.4. The number of anilines is 1. The number of fused-ring (bicyclic) bond motifs is 1. The van der Waals surface area contributed by atoms with Gasteiger partial charge in [0, 0.05) is 0 Å². The quantitative estimate of drug-likeness (QED) is 0.571. The Kier molecular flexibility index (Phi) is 5.41. The van der Waals surface area contributed by atoms with Gasteiger partial charge in [-0.25, -0.2) is 4.90 Å². The topological polar surface area (TPSA) is 110 Å². The van der Waals surface area contributed by atoms with Gasteiger partial charge in [0.2, 0.25) is 17.7 Å². The minimum absolute atomic E-state index is 0.393. The maximum atomic E-state index is 13.7. The minimum atomic E-state index is -1.27. The van der Waals surface area contributed by atoms with Crippen molar-refractivity contribution in [2.45, 2.75) is 12.1 Å². The van der Waals surface area contributed by atoms with Crippen molar-refractivity contribution >= 4 is 40.7 Å². The van der Waals surface area contributed by atoms with E-state index in [9.17, 15) is 19.2 Å². The second kappa shape index (κ2) is 8.42. The van der Waals surface area contributed by atoms with Crippen molar-refractivity contribution in [2.75, 3.05) is 12.0 Å². The number of imide groups is 1. The molecule has 2 N–H and O–H groups in total. The summed E-state index contributed by atoms with van der Waals surface area (Å²) >= 11 is 1.22. The number of ether oxygens (including phenoxy) is 1. The van der Waals surface area contributed by atoms with E-state index < -0.39 is 47.5 Å². The summed E-state index contributed by atoms with van der Waals surface area (Å²) in [7, 11) is 1.53. The molecule has 3 aromatic rings. The summed E-state index contributed by atoms with van der Waals surface area (Å²) in [5.74, 6) is -3.71. The third-order valence-electron chi connectivity index (χ3n) is 6.41. The summed E-state index contributed by atoms with van der Waals surface area (Å²) in [6.45, 7) is 0. The lowest BCUT2D eigenvalue weighted by Gasteiger charge is -2.32. The lowest BCUT2D eigenvalue weighted by molar-refractivity contribution is -0.129. The number of carbonyl (C=O) groups is 4. The highest BCUT2D eigenvalue weighted by Crippen LogP contribution is 2.51. The van der Waals surface area contributed by atoms with Crippen LogP contribution in [0.3, 0.4) is 0 Å². The number of amides is 4. The molecule has 9 heteroatoms. The Morgan fingerprint density at radius 1 is 0.912 bits per heavy atom. The fourth-order valence-electron chi connectivity index (χ4n) is 4.99. The van der Waals surface area contributed by atoms with E-state index in [1.807, 2.05) is 0 Å². The number of nitrogens with zero attached hydrogens (tertiary/aromatic N) is 2. The Bertz CT molecular complexity index is 1260. The number of methoxy groups -OCH3 is 1. The second-order valence-corrected chi connectivity index (χ2v) is 9.10. The molecule has 172 valence electrons. The fourth-order valence-corrected chi connectivity index (χ4v) is 5.66. The van der Waals surface area contributed by atoms with Crippen molar-refractivity contribution in [1.82, 2.24) is 4.90 Å². The molecule has 2 saturated heterocycles. The zero-order chi connectivity index (χ0) is 24.0. The highest BCUT2D eigenvalue weighted by molar-refractivity contribution is 7.12. The van der Waals surface area contributed by atoms with E-state index >= 15 is 0 Å². The third kappa shape index (κ3) is 3.28. The highest BCUT2D eigenvalue weighted by atomic mass is 32.1. The molecular formula is C25H21N3O5S. The van der Waals surface area contributed by atoms with E-state index in [1.54, 1.807) is 72.1 Å². The summed E-state index contributed by atoms with van der Waals surface area (Å²) in [5, 5.41) is 1.75. The summed E-state index contributed by atoms with van der Waals surface area (Å²) < 4.78 is 5.24. The molecule has 0 aliphatic carbocycles. The number of para-hydroxylation sites is 1. The molecule has 4 amide bonds. The molecule has 0 radical (unpaired) electrons. The number of hydrogen-bond donors (Lipinski definition) is 1. The molecule has 2 aliphatic heterocycles. The highest BCUT2D eigenvalue weighted by Gasteiger charge is 2.65. The van der Waals surface area contributed by atoms with Crippen molar-refractivity contribution in [3.63, 3.8) is 0 Å². The Labute approximate surface area is 199 Å². The number of carbonyl (C=O) groups excluding carboxylic acids is 4. The first-order valence-electron chi connectivity index (χ1n) is 10.7. The van der Waals surface area contributed by atoms with Crippen LogP contribution in [0.1, 0.15) is 21.3 Å². The number of thiophene rings is 1. The third-order valence-corrected chi connectivity index (χ3v) is 7.27. The predicted molar refractivity (Wildman–Crippen MR) is 125 cm³/mol. The minimum Gasteiger partial charge on any atom is -0.497 e. The number of likely N-dealkylation sites (tertiary alicyclic amines) is 1. The molecule has 5 rings (SSSR count). The number of primary amides is 1. The largest absolute Gasteiger partial charge is 0.497 e. The summed E-state index contributed by atoms with van der Waals surface area (Å²) in [4.78, 5) is 56.5. The van der Waals surface area contributed by atoms with E-state index in [1.165, 1.54) is 23.3 Å². The van der Waals surface area contributed by atoms with Gasteiger partial charge in [-0.2, -0.15) is 0 Å². The van der Waals surface area contributed by atoms with Gasteiger partial charge in [0.05, 0.1) is 35.6 Å². The van der Waals surface area contributed by atoms with Crippen LogP contribution in [-0.2, 0) is 14.4 Å². The van der Waals surface area contributed by atoms with Crippen LogP contribution in [0.25, 0.3) is 0 Å². The van der Waals surface area contributed by atoms with E-state index in [2.05, 4.69) is 0 Å². The fraction of sp³-hybridized carbons (Fsp3) is 0.200. The van der Waals surface area contributed by atoms with Crippen LogP contribution >= 0.6 is 11.3 Å². The van der Waals surface area contributed by atoms with Crippen LogP contribution in [0.4, 0.5) is 5.69 Å². The first-order valence-corrected chi connectivity index (χ1v) is 11.5. The molecule has 0 saturated carbocycles. The summed E-state index contributed by atoms with van der Waals surface area (Å²) in [6, 6.07) is 16.7. The van der Waals surface area contributed by atoms with Crippen molar-refractivity contribution < 1.29 is 23.9 Å². The Balaban J connectivity index is 1.67. The van der Waals surface area contributed by atoms with Crippen molar-refractivity contribution in [3.05, 3.63) is 82.6 Å². The number of nitrogens with two attached hydrogens (primary N) is 1. The van der Waals surface area contributed by atoms with Crippen LogP contribution in [-0.4, -0.2) is 41.7 Å². The summed E-state index contributed by atoms with van der Waals surface area (Å²) in [5.41, 5.74) is 6.81. The molecule has 8 nitrogen and oxygen atoms in total. The zero-order valence-corrected chi connectivity index (χ0v) is 19.0. The van der Waals surface area contributed by atoms with Gasteiger partial charge in [0.1, 0.15) is 11.8 Å². The molecule has 1 aromatic heterocycles. The summed E-state index contributed by atoms with van der Waals surface area (Å²) in [6.07, 6.45) is 0. The van der Waals surface area contributed by atoms with Crippen molar-refractivity contribution in [1.29, 1.82) is 0 Å². The van der Waals surface area contributed by atoms with E-state index in [-0.39, 0.29) is 0 Å². The Morgan fingerprint density at radius 3 is 2.18 bits per heavy atom. The van der Waals surface area contributed by atoms with E-state index in [0.29, 0.717) is 21.9 Å². The number of benzene rings is 2. The van der Waals surface area contributed by atoms with Gasteiger partial charge in [0.15, 0.2) is 0 Å². The van der Waals surface area contributed by atoms with Gasteiger partial charge >= 0.3 is 0 Å². The lowest BCUT2D eigenvalue weighted by Crippen LogP contribution is -2.50. The zero-order valence-electron chi connectivity index (χ0n) is 18.2. The van der Waals surface area contributed by atoms with Crippen molar-refractivity contribution in [3.8, 4) is 5.75 Å². The molecule has 2 aliphatic rings. The molecule has 2 aromatic carbocycles. The molecule has 34 heavy (non-hydrogen) atoms. The standard InChI is InChI=1S/C25H21N3O5S/c1-33-16-11-9-14(10-12-16)20-18-19(25(32)27(24(18)31)15-6-3-2-4-7-15)21(22(26)29)28(20)23(30)17-8-5-13-34-17/h2-13,18-21H,1H3,(H2,26,29). The lowest BCUT2D eigenvalue weighted by atomic mass is 9.86. The molecular weight excluding hydrogens is 454 g/mol. The van der Waals surface area contributed by atoms with Crippen LogP contribution < -0.4 is 15.4 Å². The average molecular weight is 476 g/mol. The first kappa shape index (κ1) is 21.8. The van der Waals surface area contributed by atoms with Gasteiger partial charge in [-0.3, -0.25) is 19.2 Å². The molecule has 3 heterocycles. The number of rotatable bonds is 5. The Hall–Kier alpha value is -3.98. The molecule has 0 bridgehead atoms. The van der Waals surface area contributed by atoms with Crippen molar-refractivity contribution in [2.24, 2.45) is 17.6 Å². The van der Waals surface area contributed by atoms with Gasteiger partial charge in [-0.1, -0.05) is 36.4 Å². The van der Waals surface area contributed by atoms with Crippen LogP contribution in [0.5, 0.6) is 5.75 Å². The average Bonchev–Trinajstić information content (AvgIpc) is 3.56. The molecule has 4 atom stereocenters. The van der Waals surface area contributed by atoms with Gasteiger partial charge in [-0.05, 0) is 41.3 Å². The SMILES string of the molecule is COc1ccc(C2C3C(=O)N(c4ccccc4)C(=O)C3C(C(N)=O)N2C(=O)c2cccs2)cc1. The van der Waals surface area contributed by atoms with Crippen LogP contribution in [0.15, 0.2) is 72.1 Å². The molecule has 2 fully saturated rings. The maximum Gasteiger partial charge on any atom is 0.265 e. The molecule has 4 unspecified atom stereocenters. The van der Waals surface area contributed by atoms with Gasteiger partial charge in [0.25, 0.3) is 5.91 Å². The van der Waals surface area contributed by atoms with Gasteiger partial charge < -0.3 is 15.4 Å². The monoisotopic (exact) mass is 475 g/mol. The predicted octanol–water partition coefficient (Wildman–Crippen LogP) is 2.61. The molecule has 0 spiro atoms. The van der Waals surface area contributed by atoms with Gasteiger partial charge in [-0.15, -0.1) is 11.3 Å². The van der Waals surface area contributed by atoms with E-state index in [0.717, 1.165) is 4.90 Å². The van der Waals surface area contributed by atoms with E-state index in [4.69, 9.17) is 10.5 Å². The Morgan fingerprint density at radius 2 is 1.59 bits per heavy atom. The smallest absolute Gasteiger partial charge is 0.265 e.